The number of aryl methyl sites for hydroxylation is 1. The summed E-state index contributed by atoms with van der Waals surface area (Å²) >= 11 is 5.07. The molecule has 0 aliphatic carbocycles. The lowest BCUT2D eigenvalue weighted by molar-refractivity contribution is 0.320. The average Bonchev–Trinajstić information content (AvgIpc) is 2.67. The smallest absolute Gasteiger partial charge is 0.119 e. The van der Waals surface area contributed by atoms with Gasteiger partial charge in [0.05, 0.1) is 17.3 Å². The van der Waals surface area contributed by atoms with E-state index in [4.69, 9.17) is 4.74 Å². The number of aromatic nitrogens is 1. The normalized spacial score (nSPS) is 10.4. The summed E-state index contributed by atoms with van der Waals surface area (Å²) in [6.45, 7) is 2.69. The maximum atomic E-state index is 5.62. The van der Waals surface area contributed by atoms with E-state index < -0.39 is 0 Å². The predicted molar refractivity (Wildman–Crippen MR) is 70.2 cm³/mol. The second-order valence-corrected chi connectivity index (χ2v) is 5.39. The summed E-state index contributed by atoms with van der Waals surface area (Å²) < 4.78 is 6.68. The maximum Gasteiger partial charge on any atom is 0.119 e. The Hall–Kier alpha value is -0.870. The number of benzene rings is 1. The molecule has 84 valence electrons. The predicted octanol–water partition coefficient (Wildman–Crippen LogP) is 3.84. The van der Waals surface area contributed by atoms with Crippen LogP contribution in [0.3, 0.4) is 0 Å². The molecule has 0 atom stereocenters. The molecule has 1 aromatic carbocycles. The Morgan fingerprint density at radius 2 is 2.06 bits per heavy atom. The number of ether oxygens (including phenoxy) is 1. The molecule has 4 heteroatoms. The van der Waals surface area contributed by atoms with Crippen molar-refractivity contribution in [3.8, 4) is 5.75 Å². The number of thiazole rings is 1. The molecule has 0 radical (unpaired) electrons. The molecular formula is C12H12BrNOS. The minimum atomic E-state index is 0.671. The van der Waals surface area contributed by atoms with E-state index in [9.17, 15) is 0 Å². The van der Waals surface area contributed by atoms with E-state index in [0.29, 0.717) is 6.61 Å². The molecular weight excluding hydrogens is 286 g/mol. The van der Waals surface area contributed by atoms with Gasteiger partial charge in [0.2, 0.25) is 0 Å². The van der Waals surface area contributed by atoms with E-state index in [2.05, 4.69) is 26.3 Å². The van der Waals surface area contributed by atoms with Gasteiger partial charge in [0, 0.05) is 16.3 Å². The quantitative estimate of drug-likeness (QED) is 0.855. The topological polar surface area (TPSA) is 22.1 Å². The Morgan fingerprint density at radius 1 is 1.31 bits per heavy atom. The third-order valence-electron chi connectivity index (χ3n) is 2.11. The van der Waals surface area contributed by atoms with Crippen LogP contribution in [-0.2, 0) is 6.42 Å². The molecule has 0 aliphatic rings. The maximum absolute atomic E-state index is 5.62. The van der Waals surface area contributed by atoms with Crippen molar-refractivity contribution < 1.29 is 4.74 Å². The monoisotopic (exact) mass is 297 g/mol. The molecule has 16 heavy (non-hydrogen) atoms. The van der Waals surface area contributed by atoms with Gasteiger partial charge in [-0.15, -0.1) is 11.3 Å². The molecule has 0 spiro atoms. The summed E-state index contributed by atoms with van der Waals surface area (Å²) in [5, 5.41) is 3.19. The molecule has 2 aromatic rings. The fourth-order valence-corrected chi connectivity index (χ4v) is 2.24. The van der Waals surface area contributed by atoms with Gasteiger partial charge < -0.3 is 4.74 Å². The van der Waals surface area contributed by atoms with Gasteiger partial charge in [-0.1, -0.05) is 15.9 Å². The molecule has 0 saturated carbocycles. The summed E-state index contributed by atoms with van der Waals surface area (Å²) in [5.74, 6) is 0.898. The molecule has 2 rings (SSSR count). The van der Waals surface area contributed by atoms with Gasteiger partial charge in [-0.3, -0.25) is 0 Å². The minimum Gasteiger partial charge on any atom is -0.493 e. The SMILES string of the molecule is Cc1nc(CCOc2ccc(Br)cc2)cs1. The van der Waals surface area contributed by atoms with Crippen LogP contribution in [0.2, 0.25) is 0 Å². The molecule has 1 heterocycles. The summed E-state index contributed by atoms with van der Waals surface area (Å²) in [6, 6.07) is 7.86. The van der Waals surface area contributed by atoms with Crippen LogP contribution in [-0.4, -0.2) is 11.6 Å². The highest BCUT2D eigenvalue weighted by Gasteiger charge is 1.99. The van der Waals surface area contributed by atoms with Crippen LogP contribution in [0.5, 0.6) is 5.75 Å². The Kier molecular flexibility index (Phi) is 3.96. The molecule has 2 nitrogen and oxygen atoms in total. The Balaban J connectivity index is 1.82. The van der Waals surface area contributed by atoms with Crippen LogP contribution in [0.15, 0.2) is 34.1 Å². The summed E-state index contributed by atoms with van der Waals surface area (Å²) in [6.07, 6.45) is 0.862. The van der Waals surface area contributed by atoms with E-state index in [-0.39, 0.29) is 0 Å². The van der Waals surface area contributed by atoms with Crippen LogP contribution >= 0.6 is 27.3 Å². The van der Waals surface area contributed by atoms with Crippen molar-refractivity contribution in [1.29, 1.82) is 0 Å². The van der Waals surface area contributed by atoms with Crippen molar-refractivity contribution in [2.75, 3.05) is 6.61 Å². The van der Waals surface area contributed by atoms with Gasteiger partial charge in [0.15, 0.2) is 0 Å². The first-order chi connectivity index (χ1) is 7.74. The van der Waals surface area contributed by atoms with E-state index in [1.165, 1.54) is 0 Å². The van der Waals surface area contributed by atoms with E-state index in [0.717, 1.165) is 27.3 Å². The van der Waals surface area contributed by atoms with Crippen molar-refractivity contribution in [3.05, 3.63) is 44.8 Å². The largest absolute Gasteiger partial charge is 0.493 e. The lowest BCUT2D eigenvalue weighted by Gasteiger charge is -2.04. The summed E-state index contributed by atoms with van der Waals surface area (Å²) in [5.41, 5.74) is 1.11. The molecule has 0 aliphatic heterocycles. The molecule has 0 N–H and O–H groups in total. The number of nitrogens with zero attached hydrogens (tertiary/aromatic N) is 1. The summed E-state index contributed by atoms with van der Waals surface area (Å²) in [4.78, 5) is 4.39. The number of hydrogen-bond acceptors (Lipinski definition) is 3. The highest BCUT2D eigenvalue weighted by molar-refractivity contribution is 9.10. The van der Waals surface area contributed by atoms with Crippen molar-refractivity contribution in [1.82, 2.24) is 4.98 Å². The van der Waals surface area contributed by atoms with Crippen molar-refractivity contribution in [2.45, 2.75) is 13.3 Å². The van der Waals surface area contributed by atoms with Gasteiger partial charge in [0.25, 0.3) is 0 Å². The van der Waals surface area contributed by atoms with Crippen molar-refractivity contribution in [3.63, 3.8) is 0 Å². The zero-order valence-electron chi connectivity index (χ0n) is 8.94. The van der Waals surface area contributed by atoms with Crippen LogP contribution in [0.25, 0.3) is 0 Å². The fraction of sp³-hybridized carbons (Fsp3) is 0.250. The molecule has 0 bridgehead atoms. The molecule has 0 fully saturated rings. The fourth-order valence-electron chi connectivity index (χ4n) is 1.33. The highest BCUT2D eigenvalue weighted by Crippen LogP contribution is 2.16. The second kappa shape index (κ2) is 5.46. The van der Waals surface area contributed by atoms with Crippen molar-refractivity contribution >= 4 is 27.3 Å². The number of rotatable bonds is 4. The first-order valence-electron chi connectivity index (χ1n) is 5.03. The third kappa shape index (κ3) is 3.32. The van der Waals surface area contributed by atoms with Crippen LogP contribution in [0, 0.1) is 6.92 Å². The standard InChI is InChI=1S/C12H12BrNOS/c1-9-14-11(8-16-9)6-7-15-12-4-2-10(13)3-5-12/h2-5,8H,6-7H2,1H3. The van der Waals surface area contributed by atoms with Crippen LogP contribution in [0.1, 0.15) is 10.7 Å². The first-order valence-corrected chi connectivity index (χ1v) is 6.71. The number of halogens is 1. The zero-order valence-corrected chi connectivity index (χ0v) is 11.3. The Bertz CT molecular complexity index is 452. The highest BCUT2D eigenvalue weighted by atomic mass is 79.9. The minimum absolute atomic E-state index is 0.671. The van der Waals surface area contributed by atoms with Gasteiger partial charge in [-0.25, -0.2) is 4.98 Å². The van der Waals surface area contributed by atoms with E-state index >= 15 is 0 Å². The molecule has 0 amide bonds. The average molecular weight is 298 g/mol. The Labute approximate surface area is 107 Å². The second-order valence-electron chi connectivity index (χ2n) is 3.41. The lowest BCUT2D eigenvalue weighted by atomic mass is 10.3. The van der Waals surface area contributed by atoms with Gasteiger partial charge in [-0.2, -0.15) is 0 Å². The summed E-state index contributed by atoms with van der Waals surface area (Å²) in [7, 11) is 0. The third-order valence-corrected chi connectivity index (χ3v) is 3.46. The van der Waals surface area contributed by atoms with Gasteiger partial charge in [0.1, 0.15) is 5.75 Å². The number of hydrogen-bond donors (Lipinski definition) is 0. The van der Waals surface area contributed by atoms with Gasteiger partial charge in [-0.05, 0) is 31.2 Å². The first kappa shape index (κ1) is 11.6. The van der Waals surface area contributed by atoms with E-state index in [1.54, 1.807) is 11.3 Å². The lowest BCUT2D eigenvalue weighted by Crippen LogP contribution is -2.01. The van der Waals surface area contributed by atoms with Crippen molar-refractivity contribution in [2.24, 2.45) is 0 Å². The molecule has 0 saturated heterocycles. The van der Waals surface area contributed by atoms with E-state index in [1.807, 2.05) is 31.2 Å². The molecule has 0 unspecified atom stereocenters. The molecule has 1 aromatic heterocycles. The van der Waals surface area contributed by atoms with Crippen LogP contribution in [0.4, 0.5) is 0 Å². The van der Waals surface area contributed by atoms with Gasteiger partial charge >= 0.3 is 0 Å². The zero-order chi connectivity index (χ0) is 11.4. The Morgan fingerprint density at radius 3 is 2.69 bits per heavy atom. The van der Waals surface area contributed by atoms with Crippen LogP contribution < -0.4 is 4.74 Å².